The van der Waals surface area contributed by atoms with E-state index in [0.717, 1.165) is 11.1 Å². The van der Waals surface area contributed by atoms with E-state index < -0.39 is 10.0 Å². The number of nitrogens with zero attached hydrogens (tertiary/aromatic N) is 1. The summed E-state index contributed by atoms with van der Waals surface area (Å²) in [7, 11) is -3.70. The second kappa shape index (κ2) is 10.7. The fraction of sp³-hybridized carbons (Fsp3) is 0.364. The van der Waals surface area contributed by atoms with Crippen LogP contribution in [0.4, 0.5) is 5.69 Å². The van der Waals surface area contributed by atoms with Gasteiger partial charge in [-0.05, 0) is 69.2 Å². The summed E-state index contributed by atoms with van der Waals surface area (Å²) in [6.07, 6.45) is -0.0537. The monoisotopic (exact) mass is 465 g/mol. The number of hydrogen-bond acceptors (Lipinski definition) is 4. The van der Waals surface area contributed by atoms with E-state index in [9.17, 15) is 18.0 Å². The molecule has 0 aliphatic carbocycles. The van der Waals surface area contributed by atoms with E-state index in [1.807, 2.05) is 27.7 Å². The van der Waals surface area contributed by atoms with E-state index in [1.165, 1.54) is 12.1 Å². The molecule has 9 heteroatoms. The van der Waals surface area contributed by atoms with Gasteiger partial charge < -0.3 is 10.2 Å². The van der Waals surface area contributed by atoms with Gasteiger partial charge in [0.05, 0.1) is 15.5 Å². The Morgan fingerprint density at radius 3 is 2.26 bits per heavy atom. The minimum Gasteiger partial charge on any atom is -0.339 e. The van der Waals surface area contributed by atoms with Crippen molar-refractivity contribution in [2.45, 2.75) is 39.0 Å². The molecule has 0 aliphatic heterocycles. The van der Waals surface area contributed by atoms with Crippen LogP contribution in [-0.4, -0.2) is 44.8 Å². The molecule has 0 unspecified atom stereocenters. The molecular weight excluding hydrogens is 438 g/mol. The van der Waals surface area contributed by atoms with E-state index in [2.05, 4.69) is 10.0 Å². The second-order valence-corrected chi connectivity index (χ2v) is 9.29. The van der Waals surface area contributed by atoms with Crippen LogP contribution in [0.5, 0.6) is 0 Å². The van der Waals surface area contributed by atoms with Crippen molar-refractivity contribution in [3.63, 3.8) is 0 Å². The Hall–Kier alpha value is -2.42. The van der Waals surface area contributed by atoms with Crippen LogP contribution in [0, 0.1) is 13.8 Å². The molecule has 2 aromatic carbocycles. The van der Waals surface area contributed by atoms with Crippen LogP contribution in [0.3, 0.4) is 0 Å². The lowest BCUT2D eigenvalue weighted by atomic mass is 10.1. The van der Waals surface area contributed by atoms with Gasteiger partial charge >= 0.3 is 0 Å². The predicted octanol–water partition coefficient (Wildman–Crippen LogP) is 3.75. The fourth-order valence-corrected chi connectivity index (χ4v) is 4.31. The highest BCUT2D eigenvalue weighted by atomic mass is 35.5. The lowest BCUT2D eigenvalue weighted by molar-refractivity contribution is -0.116. The topological polar surface area (TPSA) is 95.6 Å². The molecule has 0 aliphatic rings. The van der Waals surface area contributed by atoms with Crippen molar-refractivity contribution in [1.82, 2.24) is 9.62 Å². The first kappa shape index (κ1) is 24.8. The summed E-state index contributed by atoms with van der Waals surface area (Å²) in [6.45, 7) is 8.61. The number of anilines is 1. The maximum atomic E-state index is 12.4. The first-order chi connectivity index (χ1) is 14.6. The number of hydrogen-bond donors (Lipinski definition) is 2. The zero-order valence-electron chi connectivity index (χ0n) is 18.2. The van der Waals surface area contributed by atoms with Crippen LogP contribution in [-0.2, 0) is 14.8 Å². The van der Waals surface area contributed by atoms with Crippen LogP contribution < -0.4 is 10.0 Å². The third kappa shape index (κ3) is 6.53. The lowest BCUT2D eigenvalue weighted by Gasteiger charge is -2.19. The van der Waals surface area contributed by atoms with Gasteiger partial charge in [0, 0.05) is 31.7 Å². The number of carbonyl (C=O) groups is 2. The molecule has 0 saturated heterocycles. The molecule has 0 aromatic heterocycles. The number of halogens is 1. The maximum Gasteiger partial charge on any atom is 0.255 e. The highest BCUT2D eigenvalue weighted by Crippen LogP contribution is 2.22. The van der Waals surface area contributed by atoms with Crippen molar-refractivity contribution in [2.24, 2.45) is 0 Å². The Bertz CT molecular complexity index is 1070. The number of nitrogens with one attached hydrogen (secondary N) is 2. The van der Waals surface area contributed by atoms with Crippen molar-refractivity contribution in [1.29, 1.82) is 0 Å². The summed E-state index contributed by atoms with van der Waals surface area (Å²) in [6, 6.07) is 9.56. The minimum absolute atomic E-state index is 0.0483. The van der Waals surface area contributed by atoms with Gasteiger partial charge in [0.2, 0.25) is 15.9 Å². The molecule has 31 heavy (non-hydrogen) atoms. The summed E-state index contributed by atoms with van der Waals surface area (Å²) < 4.78 is 27.2. The Labute approximate surface area is 188 Å². The molecule has 7 nitrogen and oxygen atoms in total. The Balaban J connectivity index is 1.94. The van der Waals surface area contributed by atoms with Crippen molar-refractivity contribution in [3.8, 4) is 0 Å². The van der Waals surface area contributed by atoms with E-state index in [-0.39, 0.29) is 34.7 Å². The number of rotatable bonds is 9. The summed E-state index contributed by atoms with van der Waals surface area (Å²) in [4.78, 5) is 26.5. The zero-order chi connectivity index (χ0) is 23.2. The van der Waals surface area contributed by atoms with E-state index >= 15 is 0 Å². The minimum atomic E-state index is -3.70. The van der Waals surface area contributed by atoms with Crippen molar-refractivity contribution < 1.29 is 18.0 Å². The number of amides is 2. The zero-order valence-corrected chi connectivity index (χ0v) is 19.7. The number of aryl methyl sites for hydroxylation is 2. The first-order valence-corrected chi connectivity index (χ1v) is 11.9. The molecule has 0 fully saturated rings. The second-order valence-electron chi connectivity index (χ2n) is 7.11. The van der Waals surface area contributed by atoms with Gasteiger partial charge in [-0.2, -0.15) is 0 Å². The van der Waals surface area contributed by atoms with Gasteiger partial charge in [-0.15, -0.1) is 0 Å². The van der Waals surface area contributed by atoms with E-state index in [4.69, 9.17) is 11.6 Å². The maximum absolute atomic E-state index is 12.4. The molecule has 168 valence electrons. The Morgan fingerprint density at radius 1 is 1.00 bits per heavy atom. The molecule has 2 amide bonds. The molecule has 2 N–H and O–H groups in total. The van der Waals surface area contributed by atoms with Crippen molar-refractivity contribution in [2.75, 3.05) is 25.0 Å². The van der Waals surface area contributed by atoms with Crippen LogP contribution in [0.2, 0.25) is 5.02 Å². The van der Waals surface area contributed by atoms with Crippen LogP contribution >= 0.6 is 11.6 Å². The molecule has 0 saturated carbocycles. The average Bonchev–Trinajstić information content (AvgIpc) is 2.70. The Morgan fingerprint density at radius 2 is 1.68 bits per heavy atom. The summed E-state index contributed by atoms with van der Waals surface area (Å²) in [5, 5.41) is 2.91. The van der Waals surface area contributed by atoms with E-state index in [0.29, 0.717) is 24.3 Å². The first-order valence-electron chi connectivity index (χ1n) is 10.0. The molecule has 0 bridgehead atoms. The van der Waals surface area contributed by atoms with Gasteiger partial charge in [-0.1, -0.05) is 17.7 Å². The standard InChI is InChI=1S/C22H28ClN3O4S/c1-5-26(6-2)22(28)19-10-8-17(14-20(19)23)25-21(27)11-12-24-31(29,30)18-9-7-15(3)16(4)13-18/h7-10,13-14,24H,5-6,11-12H2,1-4H3,(H,25,27). The van der Waals surface area contributed by atoms with Crippen LogP contribution in [0.15, 0.2) is 41.3 Å². The van der Waals surface area contributed by atoms with Gasteiger partial charge in [0.1, 0.15) is 0 Å². The smallest absolute Gasteiger partial charge is 0.255 e. The van der Waals surface area contributed by atoms with Gasteiger partial charge in [-0.3, -0.25) is 9.59 Å². The molecule has 2 rings (SSSR count). The SMILES string of the molecule is CCN(CC)C(=O)c1ccc(NC(=O)CCNS(=O)(=O)c2ccc(C)c(C)c2)cc1Cl. The lowest BCUT2D eigenvalue weighted by Crippen LogP contribution is -2.30. The highest BCUT2D eigenvalue weighted by Gasteiger charge is 2.17. The van der Waals surface area contributed by atoms with Gasteiger partial charge in [-0.25, -0.2) is 13.1 Å². The number of sulfonamides is 1. The largest absolute Gasteiger partial charge is 0.339 e. The third-order valence-electron chi connectivity index (χ3n) is 4.97. The van der Waals surface area contributed by atoms with Gasteiger partial charge in [0.15, 0.2) is 0 Å². The van der Waals surface area contributed by atoms with Crippen molar-refractivity contribution >= 4 is 39.1 Å². The van der Waals surface area contributed by atoms with Gasteiger partial charge in [0.25, 0.3) is 5.91 Å². The molecule has 0 spiro atoms. The third-order valence-corrected chi connectivity index (χ3v) is 6.74. The van der Waals surface area contributed by atoms with E-state index in [1.54, 1.807) is 29.2 Å². The molecule has 2 aromatic rings. The van der Waals surface area contributed by atoms with Crippen LogP contribution in [0.25, 0.3) is 0 Å². The molecule has 0 radical (unpaired) electrons. The molecule has 0 atom stereocenters. The fourth-order valence-electron chi connectivity index (χ4n) is 2.93. The quantitative estimate of drug-likeness (QED) is 0.589. The predicted molar refractivity (Wildman–Crippen MR) is 123 cm³/mol. The summed E-state index contributed by atoms with van der Waals surface area (Å²) in [5.74, 6) is -0.546. The molecule has 0 heterocycles. The molecular formula is C22H28ClN3O4S. The number of benzene rings is 2. The van der Waals surface area contributed by atoms with Crippen LogP contribution in [0.1, 0.15) is 41.8 Å². The average molecular weight is 466 g/mol. The normalized spacial score (nSPS) is 11.3. The Kier molecular flexibility index (Phi) is 8.61. The summed E-state index contributed by atoms with van der Waals surface area (Å²) >= 11 is 6.23. The number of carbonyl (C=O) groups excluding carboxylic acids is 2. The van der Waals surface area contributed by atoms with Crippen molar-refractivity contribution in [3.05, 3.63) is 58.1 Å². The summed E-state index contributed by atoms with van der Waals surface area (Å²) in [5.41, 5.74) is 2.68. The highest BCUT2D eigenvalue weighted by molar-refractivity contribution is 7.89.